The van der Waals surface area contributed by atoms with Crippen molar-refractivity contribution in [3.8, 4) is 0 Å². The smallest absolute Gasteiger partial charge is 0.327 e. The third-order valence-corrected chi connectivity index (χ3v) is 2.85. The predicted octanol–water partition coefficient (Wildman–Crippen LogP) is 1.11. The van der Waals surface area contributed by atoms with Crippen LogP contribution < -0.4 is 0 Å². The first-order chi connectivity index (χ1) is 8.15. The van der Waals surface area contributed by atoms with Crippen molar-refractivity contribution in [2.75, 3.05) is 0 Å². The second-order valence-electron chi connectivity index (χ2n) is 3.40. The molecule has 7 heteroatoms. The van der Waals surface area contributed by atoms with Gasteiger partial charge in [-0.15, -0.1) is 10.2 Å². The number of rotatable bonds is 4. The van der Waals surface area contributed by atoms with Gasteiger partial charge < -0.3 is 5.11 Å². The number of halogens is 1. The highest BCUT2D eigenvalue weighted by Gasteiger charge is 2.08. The quantitative estimate of drug-likeness (QED) is 0.914. The molecule has 88 valence electrons. The molecule has 6 nitrogen and oxygen atoms in total. The summed E-state index contributed by atoms with van der Waals surface area (Å²) in [6, 6.07) is 7.71. The van der Waals surface area contributed by atoms with Gasteiger partial charge in [-0.1, -0.05) is 34.1 Å². The van der Waals surface area contributed by atoms with Crippen molar-refractivity contribution >= 4 is 21.9 Å². The van der Waals surface area contributed by atoms with E-state index >= 15 is 0 Å². The number of carboxylic acid groups (broad SMARTS) is 1. The fourth-order valence-corrected chi connectivity index (χ4v) is 1.77. The van der Waals surface area contributed by atoms with Gasteiger partial charge in [0.2, 0.25) is 0 Å². The number of hydrogen-bond acceptors (Lipinski definition) is 4. The molecule has 0 saturated heterocycles. The molecule has 1 aromatic carbocycles. The van der Waals surface area contributed by atoms with Gasteiger partial charge in [-0.25, -0.2) is 0 Å². The number of carboxylic acids is 1. The maximum absolute atomic E-state index is 10.5. The monoisotopic (exact) mass is 296 g/mol. The van der Waals surface area contributed by atoms with E-state index in [1.807, 2.05) is 24.3 Å². The van der Waals surface area contributed by atoms with E-state index in [1.165, 1.54) is 0 Å². The van der Waals surface area contributed by atoms with Crippen molar-refractivity contribution in [3.05, 3.63) is 40.1 Å². The van der Waals surface area contributed by atoms with E-state index in [9.17, 15) is 4.79 Å². The molecule has 17 heavy (non-hydrogen) atoms. The first-order valence-electron chi connectivity index (χ1n) is 4.87. The first kappa shape index (κ1) is 11.7. The molecule has 2 aromatic rings. The minimum atomic E-state index is -0.991. The molecule has 1 aromatic heterocycles. The summed E-state index contributed by atoms with van der Waals surface area (Å²) in [4.78, 5) is 11.5. The Hall–Kier alpha value is -1.76. The van der Waals surface area contributed by atoms with Crippen LogP contribution in [-0.4, -0.2) is 31.3 Å². The molecule has 0 spiro atoms. The average molecular weight is 297 g/mol. The van der Waals surface area contributed by atoms with Gasteiger partial charge in [0.25, 0.3) is 0 Å². The van der Waals surface area contributed by atoms with E-state index in [2.05, 4.69) is 31.3 Å². The van der Waals surface area contributed by atoms with Crippen LogP contribution in [0.25, 0.3) is 0 Å². The van der Waals surface area contributed by atoms with Crippen LogP contribution in [0, 0.1) is 0 Å². The molecule has 0 bridgehead atoms. The molecule has 0 saturated carbocycles. The molecule has 0 atom stereocenters. The van der Waals surface area contributed by atoms with Gasteiger partial charge in [-0.2, -0.15) is 4.80 Å². The Balaban J connectivity index is 2.12. The van der Waals surface area contributed by atoms with Crippen molar-refractivity contribution in [2.45, 2.75) is 13.0 Å². The standard InChI is InChI=1S/C10H9BrN4O2/c11-8-4-2-1-3-7(8)5-9-12-14-15(13-9)6-10(16)17/h1-4H,5-6H2,(H,16,17). The SMILES string of the molecule is O=C(O)Cn1nnc(Cc2ccccc2Br)n1. The Kier molecular flexibility index (Phi) is 3.48. The number of hydrogen-bond donors (Lipinski definition) is 1. The fourth-order valence-electron chi connectivity index (χ4n) is 1.35. The molecular formula is C10H9BrN4O2. The highest BCUT2D eigenvalue weighted by Crippen LogP contribution is 2.17. The lowest BCUT2D eigenvalue weighted by molar-refractivity contribution is -0.138. The van der Waals surface area contributed by atoms with Crippen molar-refractivity contribution < 1.29 is 9.90 Å². The summed E-state index contributed by atoms with van der Waals surface area (Å²) in [7, 11) is 0. The number of aromatic nitrogens is 4. The maximum atomic E-state index is 10.5. The number of aliphatic carboxylic acids is 1. The molecule has 1 heterocycles. The third kappa shape index (κ3) is 3.10. The van der Waals surface area contributed by atoms with Crippen LogP contribution in [0.1, 0.15) is 11.4 Å². The van der Waals surface area contributed by atoms with Gasteiger partial charge in [0.05, 0.1) is 0 Å². The highest BCUT2D eigenvalue weighted by atomic mass is 79.9. The van der Waals surface area contributed by atoms with Gasteiger partial charge in [-0.3, -0.25) is 4.79 Å². The Morgan fingerprint density at radius 3 is 2.88 bits per heavy atom. The van der Waals surface area contributed by atoms with Crippen LogP contribution >= 0.6 is 15.9 Å². The highest BCUT2D eigenvalue weighted by molar-refractivity contribution is 9.10. The lowest BCUT2D eigenvalue weighted by Gasteiger charge is -1.99. The molecule has 0 unspecified atom stereocenters. The zero-order chi connectivity index (χ0) is 12.3. The summed E-state index contributed by atoms with van der Waals surface area (Å²) in [5, 5.41) is 20.0. The lowest BCUT2D eigenvalue weighted by Crippen LogP contribution is -2.11. The summed E-state index contributed by atoms with van der Waals surface area (Å²) >= 11 is 3.42. The second kappa shape index (κ2) is 5.05. The van der Waals surface area contributed by atoms with Gasteiger partial charge in [0.1, 0.15) is 0 Å². The largest absolute Gasteiger partial charge is 0.480 e. The molecule has 0 aliphatic carbocycles. The van der Waals surface area contributed by atoms with Crippen LogP contribution in [0.5, 0.6) is 0 Å². The predicted molar refractivity (Wildman–Crippen MR) is 62.4 cm³/mol. The molecule has 0 radical (unpaired) electrons. The normalized spacial score (nSPS) is 10.4. The Morgan fingerprint density at radius 2 is 2.18 bits per heavy atom. The van der Waals surface area contributed by atoms with Crippen molar-refractivity contribution in [1.29, 1.82) is 0 Å². The van der Waals surface area contributed by atoms with Gasteiger partial charge in [0, 0.05) is 10.9 Å². The summed E-state index contributed by atoms with van der Waals surface area (Å²) in [5.74, 6) is -0.493. The summed E-state index contributed by atoms with van der Waals surface area (Å²) in [5.41, 5.74) is 1.03. The first-order valence-corrected chi connectivity index (χ1v) is 5.66. The molecule has 1 N–H and O–H groups in total. The van der Waals surface area contributed by atoms with E-state index in [0.717, 1.165) is 14.8 Å². The van der Waals surface area contributed by atoms with E-state index in [4.69, 9.17) is 5.11 Å². The summed E-state index contributed by atoms with van der Waals surface area (Å²) in [6.45, 7) is -0.275. The zero-order valence-electron chi connectivity index (χ0n) is 8.75. The molecule has 0 fully saturated rings. The van der Waals surface area contributed by atoms with Crippen LogP contribution in [0.2, 0.25) is 0 Å². The van der Waals surface area contributed by atoms with Gasteiger partial charge in [0.15, 0.2) is 12.4 Å². The minimum Gasteiger partial charge on any atom is -0.480 e. The summed E-state index contributed by atoms with van der Waals surface area (Å²) in [6.07, 6.45) is 0.515. The molecular weight excluding hydrogens is 288 g/mol. The van der Waals surface area contributed by atoms with E-state index in [-0.39, 0.29) is 6.54 Å². The van der Waals surface area contributed by atoms with E-state index in [0.29, 0.717) is 12.2 Å². The van der Waals surface area contributed by atoms with Gasteiger partial charge in [-0.05, 0) is 16.8 Å². The number of carbonyl (C=O) groups is 1. The van der Waals surface area contributed by atoms with Crippen LogP contribution in [0.15, 0.2) is 28.7 Å². The van der Waals surface area contributed by atoms with E-state index in [1.54, 1.807) is 0 Å². The maximum Gasteiger partial charge on any atom is 0.327 e. The van der Waals surface area contributed by atoms with Crippen molar-refractivity contribution in [3.63, 3.8) is 0 Å². The molecule has 0 amide bonds. The van der Waals surface area contributed by atoms with Crippen LogP contribution in [0.4, 0.5) is 0 Å². The Labute approximate surface area is 105 Å². The minimum absolute atomic E-state index is 0.275. The van der Waals surface area contributed by atoms with E-state index < -0.39 is 5.97 Å². The molecule has 0 aliphatic heterocycles. The topological polar surface area (TPSA) is 80.9 Å². The lowest BCUT2D eigenvalue weighted by atomic mass is 10.1. The third-order valence-electron chi connectivity index (χ3n) is 2.08. The fraction of sp³-hybridized carbons (Fsp3) is 0.200. The summed E-state index contributed by atoms with van der Waals surface area (Å²) < 4.78 is 0.967. The molecule has 2 rings (SSSR count). The molecule has 0 aliphatic rings. The zero-order valence-corrected chi connectivity index (χ0v) is 10.3. The second-order valence-corrected chi connectivity index (χ2v) is 4.25. The number of benzene rings is 1. The van der Waals surface area contributed by atoms with Crippen molar-refractivity contribution in [2.24, 2.45) is 0 Å². The Morgan fingerprint density at radius 1 is 1.41 bits per heavy atom. The average Bonchev–Trinajstić information content (AvgIpc) is 2.68. The number of nitrogens with zero attached hydrogens (tertiary/aromatic N) is 4. The number of tetrazole rings is 1. The van der Waals surface area contributed by atoms with Crippen molar-refractivity contribution in [1.82, 2.24) is 20.2 Å². The van der Waals surface area contributed by atoms with Gasteiger partial charge >= 0.3 is 5.97 Å². The van der Waals surface area contributed by atoms with Crippen LogP contribution in [0.3, 0.4) is 0 Å². The Bertz CT molecular complexity index is 541. The van der Waals surface area contributed by atoms with Crippen LogP contribution in [-0.2, 0) is 17.8 Å².